The molecule has 3 atom stereocenters. The van der Waals surface area contributed by atoms with Gasteiger partial charge in [-0.15, -0.1) is 0 Å². The molecule has 1 saturated carbocycles. The molecule has 1 aromatic carbocycles. The Labute approximate surface area is 172 Å². The number of carbonyl (C=O) groups is 1. The highest BCUT2D eigenvalue weighted by atomic mass is 16.5. The molecule has 1 aliphatic heterocycles. The second kappa shape index (κ2) is 8.93. The number of hydrogen-bond donors (Lipinski definition) is 2. The van der Waals surface area contributed by atoms with Crippen molar-refractivity contribution in [1.82, 2.24) is 15.2 Å². The minimum atomic E-state index is -0.129. The van der Waals surface area contributed by atoms with Gasteiger partial charge in [0, 0.05) is 55.9 Å². The second-order valence-corrected chi connectivity index (χ2v) is 8.12. The van der Waals surface area contributed by atoms with Crippen LogP contribution in [0, 0.1) is 6.92 Å². The van der Waals surface area contributed by atoms with Crippen LogP contribution in [-0.4, -0.2) is 54.3 Å². The first-order chi connectivity index (χ1) is 14.1. The van der Waals surface area contributed by atoms with Gasteiger partial charge in [-0.3, -0.25) is 9.88 Å². The number of nitrogens with zero attached hydrogens (tertiary/aromatic N) is 2. The number of carbonyl (C=O) groups excluding carboxylic acids is 1. The van der Waals surface area contributed by atoms with Gasteiger partial charge >= 0.3 is 6.03 Å². The highest BCUT2D eigenvalue weighted by molar-refractivity contribution is 5.91. The van der Waals surface area contributed by atoms with Crippen molar-refractivity contribution in [1.29, 1.82) is 0 Å². The van der Waals surface area contributed by atoms with E-state index in [0.717, 1.165) is 61.2 Å². The first-order valence-corrected chi connectivity index (χ1v) is 10.5. The number of aromatic nitrogens is 1. The lowest BCUT2D eigenvalue weighted by atomic mass is 10.0. The highest BCUT2D eigenvalue weighted by Gasteiger charge is 2.36. The summed E-state index contributed by atoms with van der Waals surface area (Å²) in [6, 6.07) is 10.5. The second-order valence-electron chi connectivity index (χ2n) is 8.12. The summed E-state index contributed by atoms with van der Waals surface area (Å²) in [6.45, 7) is 4.03. The van der Waals surface area contributed by atoms with E-state index in [4.69, 9.17) is 4.74 Å². The van der Waals surface area contributed by atoms with Crippen LogP contribution in [0.1, 0.15) is 31.2 Å². The number of methoxy groups -OCH3 is 1. The molecule has 2 aromatic rings. The summed E-state index contributed by atoms with van der Waals surface area (Å²) in [5, 5.41) is 6.29. The molecule has 6 heteroatoms. The number of likely N-dealkylation sites (tertiary alicyclic amines) is 1. The average molecular weight is 395 g/mol. The smallest absolute Gasteiger partial charge is 0.319 e. The average Bonchev–Trinajstić information content (AvgIpc) is 3.39. The molecule has 2 amide bonds. The maximum Gasteiger partial charge on any atom is 0.319 e. The molecule has 0 spiro atoms. The van der Waals surface area contributed by atoms with E-state index in [-0.39, 0.29) is 12.1 Å². The number of amides is 2. The van der Waals surface area contributed by atoms with Gasteiger partial charge in [0.1, 0.15) is 0 Å². The number of hydrogen-bond acceptors (Lipinski definition) is 4. The van der Waals surface area contributed by atoms with Crippen LogP contribution in [0.4, 0.5) is 10.5 Å². The van der Waals surface area contributed by atoms with Crippen LogP contribution in [0.3, 0.4) is 0 Å². The fourth-order valence-corrected chi connectivity index (χ4v) is 4.59. The van der Waals surface area contributed by atoms with Gasteiger partial charge in [-0.05, 0) is 55.9 Å². The SMILES string of the molecule is COC1CCN(C2CCCC2NC(=O)Nc2cc(-c3cccnc3)ccc2C)C1. The maximum atomic E-state index is 12.8. The molecule has 1 aromatic heterocycles. The molecular weight excluding hydrogens is 364 g/mol. The van der Waals surface area contributed by atoms with Gasteiger partial charge in [0.25, 0.3) is 0 Å². The molecule has 2 heterocycles. The summed E-state index contributed by atoms with van der Waals surface area (Å²) in [5.74, 6) is 0. The van der Waals surface area contributed by atoms with Crippen LogP contribution in [0.2, 0.25) is 0 Å². The van der Waals surface area contributed by atoms with Gasteiger partial charge in [-0.2, -0.15) is 0 Å². The lowest BCUT2D eigenvalue weighted by molar-refractivity contribution is 0.0985. The first-order valence-electron chi connectivity index (χ1n) is 10.5. The van der Waals surface area contributed by atoms with E-state index < -0.39 is 0 Å². The van der Waals surface area contributed by atoms with Gasteiger partial charge in [-0.25, -0.2) is 4.79 Å². The molecule has 0 bridgehead atoms. The van der Waals surface area contributed by atoms with Crippen molar-refractivity contribution in [3.63, 3.8) is 0 Å². The molecule has 1 saturated heterocycles. The molecule has 6 nitrogen and oxygen atoms in total. The van der Waals surface area contributed by atoms with Gasteiger partial charge in [0.2, 0.25) is 0 Å². The van der Waals surface area contributed by atoms with Crippen LogP contribution in [0.15, 0.2) is 42.7 Å². The van der Waals surface area contributed by atoms with Crippen molar-refractivity contribution in [3.8, 4) is 11.1 Å². The van der Waals surface area contributed by atoms with E-state index in [1.54, 1.807) is 13.3 Å². The Kier molecular flexibility index (Phi) is 6.11. The van der Waals surface area contributed by atoms with Crippen LogP contribution < -0.4 is 10.6 Å². The number of rotatable bonds is 5. The molecule has 0 radical (unpaired) electrons. The highest BCUT2D eigenvalue weighted by Crippen LogP contribution is 2.29. The van der Waals surface area contributed by atoms with Gasteiger partial charge in [0.05, 0.1) is 6.10 Å². The van der Waals surface area contributed by atoms with E-state index in [0.29, 0.717) is 12.1 Å². The Hall–Kier alpha value is -2.44. The minimum Gasteiger partial charge on any atom is -0.380 e. The predicted octanol–water partition coefficient (Wildman–Crippen LogP) is 3.82. The summed E-state index contributed by atoms with van der Waals surface area (Å²) in [4.78, 5) is 19.4. The van der Waals surface area contributed by atoms with Crippen molar-refractivity contribution in [2.45, 2.75) is 50.8 Å². The quantitative estimate of drug-likeness (QED) is 0.809. The van der Waals surface area contributed by atoms with E-state index in [2.05, 4.69) is 26.6 Å². The first kappa shape index (κ1) is 19.9. The topological polar surface area (TPSA) is 66.5 Å². The Bertz CT molecular complexity index is 842. The molecule has 2 aliphatic rings. The summed E-state index contributed by atoms with van der Waals surface area (Å²) in [7, 11) is 1.79. The lowest BCUT2D eigenvalue weighted by Gasteiger charge is -2.30. The molecule has 2 fully saturated rings. The van der Waals surface area contributed by atoms with Crippen molar-refractivity contribution >= 4 is 11.7 Å². The maximum absolute atomic E-state index is 12.8. The van der Waals surface area contributed by atoms with Gasteiger partial charge in [0.15, 0.2) is 0 Å². The summed E-state index contributed by atoms with van der Waals surface area (Å²) >= 11 is 0. The van der Waals surface area contributed by atoms with Crippen molar-refractivity contribution in [2.75, 3.05) is 25.5 Å². The van der Waals surface area contributed by atoms with Gasteiger partial charge < -0.3 is 15.4 Å². The zero-order valence-corrected chi connectivity index (χ0v) is 17.2. The van der Waals surface area contributed by atoms with Crippen molar-refractivity contribution in [2.24, 2.45) is 0 Å². The van der Waals surface area contributed by atoms with E-state index in [1.165, 1.54) is 0 Å². The van der Waals surface area contributed by atoms with Crippen molar-refractivity contribution in [3.05, 3.63) is 48.3 Å². The number of ether oxygens (including phenoxy) is 1. The van der Waals surface area contributed by atoms with Crippen LogP contribution in [0.25, 0.3) is 11.1 Å². The molecule has 4 rings (SSSR count). The number of anilines is 1. The van der Waals surface area contributed by atoms with Gasteiger partial charge in [-0.1, -0.05) is 18.2 Å². The number of urea groups is 1. The predicted molar refractivity (Wildman–Crippen MR) is 115 cm³/mol. The third-order valence-corrected chi connectivity index (χ3v) is 6.26. The Morgan fingerprint density at radius 3 is 2.86 bits per heavy atom. The van der Waals surface area contributed by atoms with E-state index in [9.17, 15) is 4.79 Å². The number of aryl methyl sites for hydroxylation is 1. The fourth-order valence-electron chi connectivity index (χ4n) is 4.59. The molecule has 154 valence electrons. The third-order valence-electron chi connectivity index (χ3n) is 6.26. The number of nitrogens with one attached hydrogen (secondary N) is 2. The fraction of sp³-hybridized carbons (Fsp3) is 0.478. The summed E-state index contributed by atoms with van der Waals surface area (Å²) in [5.41, 5.74) is 3.95. The zero-order valence-electron chi connectivity index (χ0n) is 17.2. The molecule has 1 aliphatic carbocycles. The largest absolute Gasteiger partial charge is 0.380 e. The Morgan fingerprint density at radius 2 is 2.10 bits per heavy atom. The Morgan fingerprint density at radius 1 is 1.21 bits per heavy atom. The molecule has 3 unspecified atom stereocenters. The van der Waals surface area contributed by atoms with Crippen LogP contribution in [-0.2, 0) is 4.74 Å². The Balaban J connectivity index is 1.40. The summed E-state index contributed by atoms with van der Waals surface area (Å²) < 4.78 is 5.51. The number of benzene rings is 1. The summed E-state index contributed by atoms with van der Waals surface area (Å²) in [6.07, 6.45) is 8.31. The standard InChI is InChI=1S/C23H30N4O2/c1-16-8-9-17(18-5-4-11-24-14-18)13-21(16)26-23(28)25-20-6-3-7-22(20)27-12-10-19(15-27)29-2/h4-5,8-9,11,13-14,19-20,22H,3,6-7,10,12,15H2,1-2H3,(H2,25,26,28). The van der Waals surface area contributed by atoms with Crippen LogP contribution >= 0.6 is 0 Å². The monoisotopic (exact) mass is 394 g/mol. The van der Waals surface area contributed by atoms with Crippen molar-refractivity contribution < 1.29 is 9.53 Å². The lowest BCUT2D eigenvalue weighted by Crippen LogP contribution is -2.49. The van der Waals surface area contributed by atoms with E-state index >= 15 is 0 Å². The molecule has 2 N–H and O–H groups in total. The zero-order chi connectivity index (χ0) is 20.2. The van der Waals surface area contributed by atoms with E-state index in [1.807, 2.05) is 37.4 Å². The minimum absolute atomic E-state index is 0.129. The molecular formula is C23H30N4O2. The third kappa shape index (κ3) is 4.60. The number of pyridine rings is 1. The van der Waals surface area contributed by atoms with Crippen LogP contribution in [0.5, 0.6) is 0 Å². The normalized spacial score (nSPS) is 24.6. The molecule has 29 heavy (non-hydrogen) atoms.